The first kappa shape index (κ1) is 20.2. The van der Waals surface area contributed by atoms with Gasteiger partial charge in [-0.1, -0.05) is 37.5 Å². The van der Waals surface area contributed by atoms with E-state index in [-0.39, 0.29) is 23.8 Å². The van der Waals surface area contributed by atoms with Crippen LogP contribution >= 0.6 is 0 Å². The Morgan fingerprint density at radius 2 is 1.87 bits per heavy atom. The Morgan fingerprint density at radius 1 is 1.10 bits per heavy atom. The summed E-state index contributed by atoms with van der Waals surface area (Å²) in [7, 11) is 0. The lowest BCUT2D eigenvalue weighted by atomic mass is 9.89. The number of carbonyl (C=O) groups is 3. The lowest BCUT2D eigenvalue weighted by Crippen LogP contribution is -2.41. The molecule has 2 aromatic rings. The minimum absolute atomic E-state index is 0.00348. The molecule has 3 N–H and O–H groups in total. The molecule has 2 aliphatic rings. The number of carbonyl (C=O) groups excluding carboxylic acids is 3. The third-order valence-corrected chi connectivity index (χ3v) is 6.00. The minimum Gasteiger partial charge on any atom is -0.356 e. The van der Waals surface area contributed by atoms with Crippen molar-refractivity contribution in [1.82, 2.24) is 15.2 Å². The standard InChI is InChI=1S/C23H28N4O3/c28-21(24-13-16-7-3-1-4-8-16)12-19-14-25-23(30)20-11-18(15-27(19)20)26-22(29)17-9-5-2-6-10-17/h2,5-6,9-11,15-16,19H,1,3-4,7-8,12-14H2,(H,24,28)(H,25,30)(H,26,29). The van der Waals surface area contributed by atoms with E-state index >= 15 is 0 Å². The highest BCUT2D eigenvalue weighted by Crippen LogP contribution is 2.26. The maximum Gasteiger partial charge on any atom is 0.268 e. The quantitative estimate of drug-likeness (QED) is 0.686. The van der Waals surface area contributed by atoms with Gasteiger partial charge in [-0.3, -0.25) is 14.4 Å². The van der Waals surface area contributed by atoms with Crippen molar-refractivity contribution in [3.8, 4) is 0 Å². The van der Waals surface area contributed by atoms with Gasteiger partial charge in [0.1, 0.15) is 5.69 Å². The molecule has 7 heteroatoms. The summed E-state index contributed by atoms with van der Waals surface area (Å²) in [5, 5.41) is 8.75. The summed E-state index contributed by atoms with van der Waals surface area (Å²) in [5.41, 5.74) is 1.54. The Bertz CT molecular complexity index is 916. The number of benzene rings is 1. The van der Waals surface area contributed by atoms with Crippen molar-refractivity contribution in [2.75, 3.05) is 18.4 Å². The smallest absolute Gasteiger partial charge is 0.268 e. The molecule has 7 nitrogen and oxygen atoms in total. The first-order chi connectivity index (χ1) is 14.6. The molecule has 0 bridgehead atoms. The van der Waals surface area contributed by atoms with Gasteiger partial charge in [0.15, 0.2) is 0 Å². The van der Waals surface area contributed by atoms with Crippen molar-refractivity contribution < 1.29 is 14.4 Å². The van der Waals surface area contributed by atoms with Crippen molar-refractivity contribution in [3.63, 3.8) is 0 Å². The van der Waals surface area contributed by atoms with E-state index in [0.29, 0.717) is 35.8 Å². The van der Waals surface area contributed by atoms with Gasteiger partial charge in [0, 0.05) is 31.3 Å². The van der Waals surface area contributed by atoms with Crippen LogP contribution in [0.3, 0.4) is 0 Å². The van der Waals surface area contributed by atoms with Gasteiger partial charge in [-0.05, 0) is 37.0 Å². The highest BCUT2D eigenvalue weighted by atomic mass is 16.2. The number of nitrogens with zero attached hydrogens (tertiary/aromatic N) is 1. The van der Waals surface area contributed by atoms with Crippen LogP contribution in [0.4, 0.5) is 5.69 Å². The van der Waals surface area contributed by atoms with Crippen LogP contribution in [0.15, 0.2) is 42.6 Å². The van der Waals surface area contributed by atoms with E-state index in [2.05, 4.69) is 16.0 Å². The van der Waals surface area contributed by atoms with Crippen molar-refractivity contribution in [1.29, 1.82) is 0 Å². The first-order valence-electron chi connectivity index (χ1n) is 10.7. The van der Waals surface area contributed by atoms with E-state index in [1.807, 2.05) is 6.07 Å². The van der Waals surface area contributed by atoms with Gasteiger partial charge in [-0.25, -0.2) is 0 Å². The number of hydrogen-bond donors (Lipinski definition) is 3. The van der Waals surface area contributed by atoms with Crippen LogP contribution in [0.1, 0.15) is 65.4 Å². The SMILES string of the molecule is O=C(CC1CNC(=O)c2cc(NC(=O)c3ccccc3)cn21)NCC1CCCCC1. The monoisotopic (exact) mass is 408 g/mol. The molecule has 0 saturated heterocycles. The second-order valence-corrected chi connectivity index (χ2v) is 8.22. The van der Waals surface area contributed by atoms with Gasteiger partial charge in [-0.2, -0.15) is 0 Å². The molecular weight excluding hydrogens is 380 g/mol. The molecule has 1 fully saturated rings. The molecule has 1 aliphatic heterocycles. The molecule has 1 unspecified atom stereocenters. The van der Waals surface area contributed by atoms with Crippen molar-refractivity contribution in [2.45, 2.75) is 44.6 Å². The number of rotatable bonds is 6. The van der Waals surface area contributed by atoms with E-state index in [9.17, 15) is 14.4 Å². The van der Waals surface area contributed by atoms with E-state index in [1.54, 1.807) is 41.1 Å². The Kier molecular flexibility index (Phi) is 6.16. The van der Waals surface area contributed by atoms with Gasteiger partial charge in [-0.15, -0.1) is 0 Å². The Labute approximate surface area is 176 Å². The molecule has 2 heterocycles. The molecule has 1 aromatic carbocycles. The van der Waals surface area contributed by atoms with Gasteiger partial charge < -0.3 is 20.5 Å². The predicted octanol–water partition coefficient (Wildman–Crippen LogP) is 3.11. The maximum absolute atomic E-state index is 12.5. The van der Waals surface area contributed by atoms with Gasteiger partial charge >= 0.3 is 0 Å². The summed E-state index contributed by atoms with van der Waals surface area (Å²) in [6, 6.07) is 10.4. The van der Waals surface area contributed by atoms with Crippen LogP contribution in [-0.4, -0.2) is 35.4 Å². The molecule has 0 spiro atoms. The fourth-order valence-electron chi connectivity index (χ4n) is 4.33. The van der Waals surface area contributed by atoms with Crippen LogP contribution in [0.2, 0.25) is 0 Å². The van der Waals surface area contributed by atoms with E-state index < -0.39 is 0 Å². The zero-order valence-electron chi connectivity index (χ0n) is 17.0. The number of amides is 3. The van der Waals surface area contributed by atoms with E-state index in [1.165, 1.54) is 32.1 Å². The maximum atomic E-state index is 12.5. The minimum atomic E-state index is -0.235. The average molecular weight is 409 g/mol. The van der Waals surface area contributed by atoms with E-state index in [4.69, 9.17) is 0 Å². The second kappa shape index (κ2) is 9.15. The molecule has 30 heavy (non-hydrogen) atoms. The molecule has 1 saturated carbocycles. The van der Waals surface area contributed by atoms with Crippen LogP contribution in [0, 0.1) is 5.92 Å². The molecule has 1 atom stereocenters. The van der Waals surface area contributed by atoms with E-state index in [0.717, 1.165) is 6.54 Å². The zero-order chi connectivity index (χ0) is 20.9. The van der Waals surface area contributed by atoms with Crippen LogP contribution in [-0.2, 0) is 4.79 Å². The molecule has 158 valence electrons. The topological polar surface area (TPSA) is 92.2 Å². The van der Waals surface area contributed by atoms with Crippen molar-refractivity contribution >= 4 is 23.4 Å². The highest BCUT2D eigenvalue weighted by molar-refractivity contribution is 6.05. The molecule has 4 rings (SSSR count). The zero-order valence-corrected chi connectivity index (χ0v) is 17.0. The summed E-state index contributed by atoms with van der Waals surface area (Å²) in [6.45, 7) is 1.12. The summed E-state index contributed by atoms with van der Waals surface area (Å²) in [4.78, 5) is 37.2. The number of anilines is 1. The van der Waals surface area contributed by atoms with Gasteiger partial charge in [0.25, 0.3) is 11.8 Å². The van der Waals surface area contributed by atoms with Crippen molar-refractivity contribution in [2.24, 2.45) is 5.92 Å². The third-order valence-electron chi connectivity index (χ3n) is 6.00. The molecule has 1 aromatic heterocycles. The number of nitrogens with one attached hydrogen (secondary N) is 3. The van der Waals surface area contributed by atoms with Crippen LogP contribution in [0.5, 0.6) is 0 Å². The Balaban J connectivity index is 1.39. The summed E-state index contributed by atoms with van der Waals surface area (Å²) in [6.07, 6.45) is 8.21. The summed E-state index contributed by atoms with van der Waals surface area (Å²) < 4.78 is 1.81. The molecule has 1 aliphatic carbocycles. The van der Waals surface area contributed by atoms with Crippen LogP contribution < -0.4 is 16.0 Å². The fraction of sp³-hybridized carbons (Fsp3) is 0.435. The van der Waals surface area contributed by atoms with Crippen LogP contribution in [0.25, 0.3) is 0 Å². The summed E-state index contributed by atoms with van der Waals surface area (Å²) in [5.74, 6) is 0.141. The number of hydrogen-bond acceptors (Lipinski definition) is 3. The number of aromatic nitrogens is 1. The first-order valence-corrected chi connectivity index (χ1v) is 10.7. The second-order valence-electron chi connectivity index (χ2n) is 8.22. The summed E-state index contributed by atoms with van der Waals surface area (Å²) >= 11 is 0. The largest absolute Gasteiger partial charge is 0.356 e. The molecule has 0 radical (unpaired) electrons. The fourth-order valence-corrected chi connectivity index (χ4v) is 4.33. The molecular formula is C23H28N4O3. The lowest BCUT2D eigenvalue weighted by molar-refractivity contribution is -0.122. The third kappa shape index (κ3) is 4.72. The number of fused-ring (bicyclic) bond motifs is 1. The predicted molar refractivity (Wildman–Crippen MR) is 114 cm³/mol. The normalized spacial score (nSPS) is 18.9. The van der Waals surface area contributed by atoms with Gasteiger partial charge in [0.2, 0.25) is 5.91 Å². The van der Waals surface area contributed by atoms with Gasteiger partial charge in [0.05, 0.1) is 11.7 Å². The highest BCUT2D eigenvalue weighted by Gasteiger charge is 2.28. The van der Waals surface area contributed by atoms with Crippen molar-refractivity contribution in [3.05, 3.63) is 53.9 Å². The Hall–Kier alpha value is -3.09. The molecule has 3 amide bonds. The Morgan fingerprint density at radius 3 is 2.63 bits per heavy atom. The average Bonchev–Trinajstić information content (AvgIpc) is 3.20. The lowest BCUT2D eigenvalue weighted by Gasteiger charge is -2.26.